The third kappa shape index (κ3) is 6.09. The van der Waals surface area contributed by atoms with Gasteiger partial charge in [0.05, 0.1) is 6.04 Å². The van der Waals surface area contributed by atoms with Crippen LogP contribution in [0.2, 0.25) is 0 Å². The van der Waals surface area contributed by atoms with Gasteiger partial charge in [-0.1, -0.05) is 26.8 Å². The lowest BCUT2D eigenvalue weighted by atomic mass is 9.95. The van der Waals surface area contributed by atoms with Crippen molar-refractivity contribution >= 4 is 11.9 Å². The van der Waals surface area contributed by atoms with E-state index in [1.807, 2.05) is 13.8 Å². The summed E-state index contributed by atoms with van der Waals surface area (Å²) < 4.78 is 5.12. The van der Waals surface area contributed by atoms with Gasteiger partial charge < -0.3 is 10.1 Å². The van der Waals surface area contributed by atoms with E-state index in [1.54, 1.807) is 20.8 Å². The number of hydrogen-bond acceptors (Lipinski definition) is 3. The van der Waals surface area contributed by atoms with Gasteiger partial charge in [-0.05, 0) is 32.8 Å². The number of carbonyl (C=O) groups excluding carboxylic acids is 2. The molecule has 4 heteroatoms. The van der Waals surface area contributed by atoms with Crippen molar-refractivity contribution < 1.29 is 14.3 Å². The van der Waals surface area contributed by atoms with Gasteiger partial charge in [0.2, 0.25) is 0 Å². The number of hydrogen-bond donors (Lipinski definition) is 1. The fourth-order valence-electron chi connectivity index (χ4n) is 1.29. The summed E-state index contributed by atoms with van der Waals surface area (Å²) in [5.41, 5.74) is -0.568. The molecule has 0 aromatic rings. The van der Waals surface area contributed by atoms with Crippen molar-refractivity contribution in [1.29, 1.82) is 0 Å². The van der Waals surface area contributed by atoms with Gasteiger partial charge in [0, 0.05) is 0 Å². The maximum absolute atomic E-state index is 11.6. The fourth-order valence-corrected chi connectivity index (χ4v) is 1.29. The van der Waals surface area contributed by atoms with E-state index in [1.165, 1.54) is 6.08 Å². The van der Waals surface area contributed by atoms with Crippen LogP contribution in [0.3, 0.4) is 0 Å². The summed E-state index contributed by atoms with van der Waals surface area (Å²) in [6.45, 7) is 12.6. The van der Waals surface area contributed by atoms with Gasteiger partial charge in [-0.3, -0.25) is 4.79 Å². The molecule has 0 aliphatic carbocycles. The first-order valence-corrected chi connectivity index (χ1v) is 5.87. The van der Waals surface area contributed by atoms with Crippen molar-refractivity contribution in [2.24, 2.45) is 5.92 Å². The van der Waals surface area contributed by atoms with Gasteiger partial charge in [-0.25, -0.2) is 4.79 Å². The first-order chi connectivity index (χ1) is 7.71. The number of ether oxygens (including phenoxy) is 1. The molecule has 2 atom stereocenters. The van der Waals surface area contributed by atoms with E-state index >= 15 is 0 Å². The summed E-state index contributed by atoms with van der Waals surface area (Å²) in [6, 6.07) is -0.563. The molecule has 1 amide bonds. The molecule has 0 aliphatic heterocycles. The summed E-state index contributed by atoms with van der Waals surface area (Å²) in [7, 11) is 0. The molecule has 4 nitrogen and oxygen atoms in total. The highest BCUT2D eigenvalue weighted by Crippen LogP contribution is 2.12. The van der Waals surface area contributed by atoms with Crippen LogP contribution in [0.25, 0.3) is 0 Å². The molecule has 0 heterocycles. The molecule has 0 radical (unpaired) electrons. The average Bonchev–Trinajstić information content (AvgIpc) is 2.21. The molecule has 0 spiro atoms. The molecule has 2 unspecified atom stereocenters. The Morgan fingerprint density at radius 2 is 1.94 bits per heavy atom. The minimum absolute atomic E-state index is 0.0491. The van der Waals surface area contributed by atoms with E-state index in [9.17, 15) is 9.59 Å². The quantitative estimate of drug-likeness (QED) is 0.753. The van der Waals surface area contributed by atoms with Crippen LogP contribution in [0.1, 0.15) is 41.0 Å². The van der Waals surface area contributed by atoms with Crippen LogP contribution in [-0.4, -0.2) is 23.5 Å². The second-order valence-corrected chi connectivity index (χ2v) is 5.12. The lowest BCUT2D eigenvalue weighted by molar-refractivity contribution is -0.117. The summed E-state index contributed by atoms with van der Waals surface area (Å²) in [4.78, 5) is 23.2. The maximum atomic E-state index is 11.6. The molecule has 17 heavy (non-hydrogen) atoms. The molecule has 0 fully saturated rings. The summed E-state index contributed by atoms with van der Waals surface area (Å²) in [6.07, 6.45) is 1.45. The Kier molecular flexibility index (Phi) is 5.93. The predicted molar refractivity (Wildman–Crippen MR) is 67.8 cm³/mol. The topological polar surface area (TPSA) is 55.4 Å². The zero-order valence-electron chi connectivity index (χ0n) is 11.4. The van der Waals surface area contributed by atoms with E-state index in [0.717, 1.165) is 6.42 Å². The first kappa shape index (κ1) is 15.7. The molecule has 0 rings (SSSR count). The van der Waals surface area contributed by atoms with Crippen LogP contribution in [0, 0.1) is 5.92 Å². The van der Waals surface area contributed by atoms with Crippen molar-refractivity contribution in [1.82, 2.24) is 5.32 Å². The molecule has 98 valence electrons. The van der Waals surface area contributed by atoms with Crippen molar-refractivity contribution in [3.63, 3.8) is 0 Å². The molecular weight excluding hydrogens is 218 g/mol. The minimum Gasteiger partial charge on any atom is -0.444 e. The third-order valence-electron chi connectivity index (χ3n) is 2.39. The molecule has 0 aromatic carbocycles. The van der Waals surface area contributed by atoms with Crippen LogP contribution in [0.4, 0.5) is 4.79 Å². The summed E-state index contributed by atoms with van der Waals surface area (Å²) in [5.74, 6) is -0.141. The Balaban J connectivity index is 4.60. The normalized spacial score (nSPS) is 14.6. The van der Waals surface area contributed by atoms with Gasteiger partial charge in [0.1, 0.15) is 5.60 Å². The van der Waals surface area contributed by atoms with E-state index in [-0.39, 0.29) is 11.7 Å². The summed E-state index contributed by atoms with van der Waals surface area (Å²) >= 11 is 0. The van der Waals surface area contributed by atoms with Gasteiger partial charge in [0.15, 0.2) is 5.78 Å². The molecule has 0 saturated heterocycles. The van der Waals surface area contributed by atoms with Crippen LogP contribution in [0.5, 0.6) is 0 Å². The van der Waals surface area contributed by atoms with Crippen molar-refractivity contribution in [3.8, 4) is 0 Å². The highest BCUT2D eigenvalue weighted by molar-refractivity contribution is 5.95. The molecule has 0 saturated carbocycles. The van der Waals surface area contributed by atoms with Gasteiger partial charge >= 0.3 is 6.09 Å². The average molecular weight is 241 g/mol. The Hall–Kier alpha value is -1.32. The van der Waals surface area contributed by atoms with Crippen LogP contribution < -0.4 is 5.32 Å². The lowest BCUT2D eigenvalue weighted by Gasteiger charge is -2.25. The SMILES string of the molecule is C=CC(=O)C(NC(=O)OC(C)(C)C)C(C)CC. The third-order valence-corrected chi connectivity index (χ3v) is 2.39. The maximum Gasteiger partial charge on any atom is 0.408 e. The monoisotopic (exact) mass is 241 g/mol. The Morgan fingerprint density at radius 1 is 1.41 bits per heavy atom. The van der Waals surface area contributed by atoms with Crippen LogP contribution in [0.15, 0.2) is 12.7 Å². The van der Waals surface area contributed by atoms with E-state index < -0.39 is 17.7 Å². The Labute approximate surface area is 103 Å². The first-order valence-electron chi connectivity index (χ1n) is 5.87. The van der Waals surface area contributed by atoms with Crippen molar-refractivity contribution in [3.05, 3.63) is 12.7 Å². The molecular formula is C13H23NO3. The van der Waals surface area contributed by atoms with E-state index in [4.69, 9.17) is 4.74 Å². The predicted octanol–water partition coefficient (Wildman–Crippen LogP) is 2.68. The second-order valence-electron chi connectivity index (χ2n) is 5.12. The van der Waals surface area contributed by atoms with Gasteiger partial charge in [-0.15, -0.1) is 0 Å². The minimum atomic E-state index is -0.571. The fraction of sp³-hybridized carbons (Fsp3) is 0.692. The zero-order valence-corrected chi connectivity index (χ0v) is 11.4. The Bertz CT molecular complexity index is 292. The number of alkyl carbamates (subject to hydrolysis) is 1. The van der Waals surface area contributed by atoms with Crippen LogP contribution >= 0.6 is 0 Å². The number of carbonyl (C=O) groups is 2. The lowest BCUT2D eigenvalue weighted by Crippen LogP contribution is -2.46. The van der Waals surface area contributed by atoms with Gasteiger partial charge in [0.25, 0.3) is 0 Å². The largest absolute Gasteiger partial charge is 0.444 e. The smallest absolute Gasteiger partial charge is 0.408 e. The molecule has 0 aliphatic rings. The number of rotatable bonds is 5. The van der Waals surface area contributed by atoms with Crippen LogP contribution in [-0.2, 0) is 9.53 Å². The van der Waals surface area contributed by atoms with E-state index in [0.29, 0.717) is 0 Å². The molecule has 0 bridgehead atoms. The Morgan fingerprint density at radius 3 is 2.29 bits per heavy atom. The molecule has 0 aromatic heterocycles. The van der Waals surface area contributed by atoms with Crippen molar-refractivity contribution in [2.75, 3.05) is 0 Å². The number of amides is 1. The highest BCUT2D eigenvalue weighted by Gasteiger charge is 2.26. The zero-order chi connectivity index (χ0) is 13.6. The highest BCUT2D eigenvalue weighted by atomic mass is 16.6. The van der Waals surface area contributed by atoms with E-state index in [2.05, 4.69) is 11.9 Å². The standard InChI is InChI=1S/C13H23NO3/c1-7-9(3)11(10(15)8-2)14-12(16)17-13(4,5)6/h8-9,11H,2,7H2,1,3-6H3,(H,14,16). The number of ketones is 1. The number of nitrogens with one attached hydrogen (secondary N) is 1. The van der Waals surface area contributed by atoms with Crippen molar-refractivity contribution in [2.45, 2.75) is 52.7 Å². The second kappa shape index (κ2) is 6.42. The summed E-state index contributed by atoms with van der Waals surface area (Å²) in [5, 5.41) is 2.59. The van der Waals surface area contributed by atoms with Gasteiger partial charge in [-0.2, -0.15) is 0 Å². The molecule has 1 N–H and O–H groups in total.